The highest BCUT2D eigenvalue weighted by Gasteiger charge is 2.16. The Kier molecular flexibility index (Phi) is 4.25. The Morgan fingerprint density at radius 1 is 1.56 bits per heavy atom. The molecular weight excluding hydrogens is 230 g/mol. The lowest BCUT2D eigenvalue weighted by atomic mass is 10.1. The van der Waals surface area contributed by atoms with Crippen LogP contribution in [0.1, 0.15) is 34.7 Å². The fraction of sp³-hybridized carbons (Fsp3) is 0.615. The predicted molar refractivity (Wildman–Crippen MR) is 67.4 cm³/mol. The van der Waals surface area contributed by atoms with Crippen LogP contribution in [-0.2, 0) is 4.74 Å². The predicted octanol–water partition coefficient (Wildman–Crippen LogP) is 1.25. The standard InChI is InChI=1S/C13H19N3O2/c1-9-12(7-15-10(2)16-9)13(17)14-5-3-11-4-6-18-8-11/h7,11H,3-6,8H2,1-2H3,(H,14,17). The molecule has 98 valence electrons. The largest absolute Gasteiger partial charge is 0.381 e. The van der Waals surface area contributed by atoms with Gasteiger partial charge in [0.2, 0.25) is 0 Å². The Balaban J connectivity index is 1.83. The minimum Gasteiger partial charge on any atom is -0.381 e. The van der Waals surface area contributed by atoms with Crippen LogP contribution in [0, 0.1) is 19.8 Å². The molecule has 0 radical (unpaired) electrons. The van der Waals surface area contributed by atoms with Crippen molar-refractivity contribution >= 4 is 5.91 Å². The summed E-state index contributed by atoms with van der Waals surface area (Å²) in [5.74, 6) is 1.18. The van der Waals surface area contributed by atoms with Crippen molar-refractivity contribution in [2.45, 2.75) is 26.7 Å². The van der Waals surface area contributed by atoms with Crippen LogP contribution in [0.4, 0.5) is 0 Å². The van der Waals surface area contributed by atoms with Crippen molar-refractivity contribution in [3.8, 4) is 0 Å². The molecule has 18 heavy (non-hydrogen) atoms. The number of aromatic nitrogens is 2. The van der Waals surface area contributed by atoms with E-state index in [1.165, 1.54) is 0 Å². The molecule has 1 unspecified atom stereocenters. The Hall–Kier alpha value is -1.49. The van der Waals surface area contributed by atoms with Gasteiger partial charge in [-0.25, -0.2) is 9.97 Å². The number of hydrogen-bond acceptors (Lipinski definition) is 4. The van der Waals surface area contributed by atoms with Gasteiger partial charge in [-0.15, -0.1) is 0 Å². The number of amides is 1. The van der Waals surface area contributed by atoms with Gasteiger partial charge >= 0.3 is 0 Å². The van der Waals surface area contributed by atoms with Crippen LogP contribution in [0.3, 0.4) is 0 Å². The van der Waals surface area contributed by atoms with Gasteiger partial charge in [0.15, 0.2) is 0 Å². The second-order valence-corrected chi connectivity index (χ2v) is 4.69. The number of nitrogens with zero attached hydrogens (tertiary/aromatic N) is 2. The zero-order chi connectivity index (χ0) is 13.0. The first-order valence-corrected chi connectivity index (χ1v) is 6.33. The fourth-order valence-electron chi connectivity index (χ4n) is 2.10. The lowest BCUT2D eigenvalue weighted by Gasteiger charge is -2.09. The highest BCUT2D eigenvalue weighted by atomic mass is 16.5. The molecule has 1 aliphatic rings. The van der Waals surface area contributed by atoms with E-state index in [1.54, 1.807) is 6.20 Å². The van der Waals surface area contributed by atoms with Crippen molar-refractivity contribution in [2.75, 3.05) is 19.8 Å². The molecule has 0 aliphatic carbocycles. The Labute approximate surface area is 107 Å². The van der Waals surface area contributed by atoms with Crippen molar-refractivity contribution in [2.24, 2.45) is 5.92 Å². The average Bonchev–Trinajstić information content (AvgIpc) is 2.81. The third-order valence-electron chi connectivity index (χ3n) is 3.21. The first-order valence-electron chi connectivity index (χ1n) is 6.33. The van der Waals surface area contributed by atoms with E-state index < -0.39 is 0 Å². The minimum absolute atomic E-state index is 0.0913. The topological polar surface area (TPSA) is 64.1 Å². The molecule has 2 rings (SSSR count). The van der Waals surface area contributed by atoms with Crippen molar-refractivity contribution in [3.63, 3.8) is 0 Å². The van der Waals surface area contributed by atoms with E-state index in [0.717, 1.165) is 31.7 Å². The number of carbonyl (C=O) groups excluding carboxylic acids is 1. The molecule has 1 aliphatic heterocycles. The maximum absolute atomic E-state index is 11.9. The zero-order valence-corrected chi connectivity index (χ0v) is 10.9. The molecule has 1 aromatic rings. The van der Waals surface area contributed by atoms with Gasteiger partial charge in [-0.05, 0) is 32.6 Å². The van der Waals surface area contributed by atoms with Gasteiger partial charge in [0.1, 0.15) is 5.82 Å². The van der Waals surface area contributed by atoms with E-state index in [-0.39, 0.29) is 5.91 Å². The highest BCUT2D eigenvalue weighted by Crippen LogP contribution is 2.15. The number of nitrogens with one attached hydrogen (secondary N) is 1. The van der Waals surface area contributed by atoms with E-state index in [4.69, 9.17) is 4.74 Å². The lowest BCUT2D eigenvalue weighted by molar-refractivity contribution is 0.0949. The van der Waals surface area contributed by atoms with Gasteiger partial charge in [0, 0.05) is 26.0 Å². The van der Waals surface area contributed by atoms with Crippen molar-refractivity contribution in [1.82, 2.24) is 15.3 Å². The molecule has 5 heteroatoms. The maximum Gasteiger partial charge on any atom is 0.254 e. The number of hydrogen-bond donors (Lipinski definition) is 1. The van der Waals surface area contributed by atoms with E-state index in [9.17, 15) is 4.79 Å². The second kappa shape index (κ2) is 5.91. The normalized spacial score (nSPS) is 18.9. The van der Waals surface area contributed by atoms with E-state index in [2.05, 4.69) is 15.3 Å². The summed E-state index contributed by atoms with van der Waals surface area (Å²) in [7, 11) is 0. The molecule has 0 bridgehead atoms. The van der Waals surface area contributed by atoms with Gasteiger partial charge < -0.3 is 10.1 Å². The lowest BCUT2D eigenvalue weighted by Crippen LogP contribution is -2.27. The zero-order valence-electron chi connectivity index (χ0n) is 10.9. The molecule has 2 heterocycles. The molecule has 1 fully saturated rings. The summed E-state index contributed by atoms with van der Waals surface area (Å²) in [6.07, 6.45) is 3.66. The molecule has 1 amide bonds. The van der Waals surface area contributed by atoms with Gasteiger partial charge in [0.25, 0.3) is 5.91 Å². The second-order valence-electron chi connectivity index (χ2n) is 4.69. The quantitative estimate of drug-likeness (QED) is 0.872. The van der Waals surface area contributed by atoms with Gasteiger partial charge in [-0.3, -0.25) is 4.79 Å². The summed E-state index contributed by atoms with van der Waals surface area (Å²) in [5, 5.41) is 2.91. The molecule has 1 aromatic heterocycles. The van der Waals surface area contributed by atoms with Crippen molar-refractivity contribution < 1.29 is 9.53 Å². The smallest absolute Gasteiger partial charge is 0.254 e. The van der Waals surface area contributed by atoms with Crippen molar-refractivity contribution in [1.29, 1.82) is 0 Å². The summed E-state index contributed by atoms with van der Waals surface area (Å²) in [6.45, 7) is 6.00. The molecule has 1 N–H and O–H groups in total. The molecular formula is C13H19N3O2. The van der Waals surface area contributed by atoms with Crippen LogP contribution < -0.4 is 5.32 Å². The summed E-state index contributed by atoms with van der Waals surface area (Å²) >= 11 is 0. The third kappa shape index (κ3) is 3.26. The van der Waals surface area contributed by atoms with Gasteiger partial charge in [-0.1, -0.05) is 0 Å². The van der Waals surface area contributed by atoms with Crippen LogP contribution >= 0.6 is 0 Å². The summed E-state index contributed by atoms with van der Waals surface area (Å²) in [4.78, 5) is 20.2. The van der Waals surface area contributed by atoms with Gasteiger partial charge in [-0.2, -0.15) is 0 Å². The molecule has 0 saturated carbocycles. The SMILES string of the molecule is Cc1ncc(C(=O)NCCC2CCOC2)c(C)n1. The van der Waals surface area contributed by atoms with Crippen LogP contribution in [-0.4, -0.2) is 35.6 Å². The van der Waals surface area contributed by atoms with Crippen LogP contribution in [0.2, 0.25) is 0 Å². The molecule has 1 atom stereocenters. The number of ether oxygens (including phenoxy) is 1. The van der Waals surface area contributed by atoms with Crippen LogP contribution in [0.25, 0.3) is 0 Å². The summed E-state index contributed by atoms with van der Waals surface area (Å²) < 4.78 is 5.30. The van der Waals surface area contributed by atoms with E-state index in [1.807, 2.05) is 13.8 Å². The van der Waals surface area contributed by atoms with Gasteiger partial charge in [0.05, 0.1) is 11.3 Å². The van der Waals surface area contributed by atoms with Crippen LogP contribution in [0.5, 0.6) is 0 Å². The Morgan fingerprint density at radius 2 is 2.39 bits per heavy atom. The molecule has 0 spiro atoms. The maximum atomic E-state index is 11.9. The molecule has 5 nitrogen and oxygen atoms in total. The Morgan fingerprint density at radius 3 is 3.06 bits per heavy atom. The number of carbonyl (C=O) groups is 1. The monoisotopic (exact) mass is 249 g/mol. The molecule has 1 saturated heterocycles. The first kappa shape index (κ1) is 13.0. The minimum atomic E-state index is -0.0913. The summed E-state index contributed by atoms with van der Waals surface area (Å²) in [6, 6.07) is 0. The fourth-order valence-corrected chi connectivity index (χ4v) is 2.10. The van der Waals surface area contributed by atoms with E-state index in [0.29, 0.717) is 23.9 Å². The first-order chi connectivity index (χ1) is 8.66. The Bertz CT molecular complexity index is 428. The average molecular weight is 249 g/mol. The molecule has 0 aromatic carbocycles. The van der Waals surface area contributed by atoms with E-state index >= 15 is 0 Å². The summed E-state index contributed by atoms with van der Waals surface area (Å²) in [5.41, 5.74) is 1.28. The number of rotatable bonds is 4. The highest BCUT2D eigenvalue weighted by molar-refractivity contribution is 5.94. The van der Waals surface area contributed by atoms with Crippen molar-refractivity contribution in [3.05, 3.63) is 23.3 Å². The number of aryl methyl sites for hydroxylation is 2. The third-order valence-corrected chi connectivity index (χ3v) is 3.21. The van der Waals surface area contributed by atoms with Crippen LogP contribution in [0.15, 0.2) is 6.20 Å².